The molecular formula is C17H21ClN2O. The Kier molecular flexibility index (Phi) is 3.23. The smallest absolute Gasteiger partial charge is 0.226 e. The highest BCUT2D eigenvalue weighted by Crippen LogP contribution is 2.59. The number of rotatable bonds is 1. The maximum atomic E-state index is 12.8. The fourth-order valence-electron chi connectivity index (χ4n) is 4.15. The highest BCUT2D eigenvalue weighted by atomic mass is 35.5. The molecule has 1 saturated heterocycles. The Labute approximate surface area is 130 Å². The van der Waals surface area contributed by atoms with Gasteiger partial charge >= 0.3 is 0 Å². The van der Waals surface area contributed by atoms with E-state index < -0.39 is 0 Å². The summed E-state index contributed by atoms with van der Waals surface area (Å²) < 4.78 is 0. The summed E-state index contributed by atoms with van der Waals surface area (Å²) in [4.78, 5) is 14.9. The van der Waals surface area contributed by atoms with Gasteiger partial charge in [0.2, 0.25) is 5.91 Å². The summed E-state index contributed by atoms with van der Waals surface area (Å²) in [5.74, 6) is 0.655. The van der Waals surface area contributed by atoms with Crippen LogP contribution in [-0.2, 0) is 17.8 Å². The van der Waals surface area contributed by atoms with E-state index in [1.165, 1.54) is 24.0 Å². The molecule has 1 aliphatic carbocycles. The van der Waals surface area contributed by atoms with Crippen LogP contribution in [0.2, 0.25) is 5.02 Å². The molecule has 2 heterocycles. The standard InChI is InChI=1S/C17H21ClN2O/c18-15-3-1-2-12-11-20(9-4-13(12)15)16(21)14-10-17(14)5-7-19-8-6-17/h1-3,14,19H,4-11H2. The van der Waals surface area contributed by atoms with E-state index in [0.717, 1.165) is 44.0 Å². The van der Waals surface area contributed by atoms with Crippen LogP contribution < -0.4 is 5.32 Å². The van der Waals surface area contributed by atoms with Crippen LogP contribution in [0.5, 0.6) is 0 Å². The third-order valence-corrected chi connectivity index (χ3v) is 5.96. The van der Waals surface area contributed by atoms with Gasteiger partial charge in [-0.05, 0) is 61.4 Å². The van der Waals surface area contributed by atoms with E-state index in [-0.39, 0.29) is 5.92 Å². The van der Waals surface area contributed by atoms with Gasteiger partial charge in [-0.1, -0.05) is 23.7 Å². The molecule has 1 spiro atoms. The van der Waals surface area contributed by atoms with E-state index in [1.807, 2.05) is 12.1 Å². The van der Waals surface area contributed by atoms with Gasteiger partial charge in [-0.25, -0.2) is 0 Å². The highest BCUT2D eigenvalue weighted by Gasteiger charge is 2.58. The monoisotopic (exact) mass is 304 g/mol. The van der Waals surface area contributed by atoms with Crippen molar-refractivity contribution < 1.29 is 4.79 Å². The van der Waals surface area contributed by atoms with Crippen molar-refractivity contribution in [2.45, 2.75) is 32.2 Å². The quantitative estimate of drug-likeness (QED) is 0.865. The Morgan fingerprint density at radius 2 is 2.14 bits per heavy atom. The van der Waals surface area contributed by atoms with E-state index in [1.54, 1.807) is 0 Å². The molecule has 4 heteroatoms. The van der Waals surface area contributed by atoms with Gasteiger partial charge in [-0.15, -0.1) is 0 Å². The molecule has 4 rings (SSSR count). The average Bonchev–Trinajstić information content (AvgIpc) is 3.20. The number of halogens is 1. The molecule has 0 bridgehead atoms. The fraction of sp³-hybridized carbons (Fsp3) is 0.588. The fourth-order valence-corrected chi connectivity index (χ4v) is 4.43. The highest BCUT2D eigenvalue weighted by molar-refractivity contribution is 6.31. The molecule has 0 radical (unpaired) electrons. The van der Waals surface area contributed by atoms with Gasteiger partial charge < -0.3 is 10.2 Å². The lowest BCUT2D eigenvalue weighted by Gasteiger charge is -2.31. The summed E-state index contributed by atoms with van der Waals surface area (Å²) >= 11 is 6.25. The molecule has 112 valence electrons. The Morgan fingerprint density at radius 3 is 2.95 bits per heavy atom. The van der Waals surface area contributed by atoms with Crippen molar-refractivity contribution in [1.82, 2.24) is 10.2 Å². The maximum Gasteiger partial charge on any atom is 0.226 e. The van der Waals surface area contributed by atoms with E-state index >= 15 is 0 Å². The second-order valence-electron chi connectivity index (χ2n) is 6.76. The molecule has 1 N–H and O–H groups in total. The predicted octanol–water partition coefficient (Wildman–Crippen LogP) is 2.61. The molecule has 3 nitrogen and oxygen atoms in total. The molecule has 2 aliphatic heterocycles. The largest absolute Gasteiger partial charge is 0.338 e. The zero-order valence-electron chi connectivity index (χ0n) is 12.2. The van der Waals surface area contributed by atoms with Crippen LogP contribution in [0.4, 0.5) is 0 Å². The maximum absolute atomic E-state index is 12.8. The van der Waals surface area contributed by atoms with Crippen molar-refractivity contribution in [3.63, 3.8) is 0 Å². The van der Waals surface area contributed by atoms with Crippen LogP contribution in [0, 0.1) is 11.3 Å². The molecule has 1 saturated carbocycles. The number of piperidine rings is 1. The lowest BCUT2D eigenvalue weighted by Crippen LogP contribution is -2.39. The molecule has 2 fully saturated rings. The van der Waals surface area contributed by atoms with Crippen molar-refractivity contribution in [2.75, 3.05) is 19.6 Å². The summed E-state index contributed by atoms with van der Waals surface area (Å²) in [6.45, 7) is 3.70. The number of nitrogens with one attached hydrogen (secondary N) is 1. The minimum atomic E-state index is 0.278. The first-order chi connectivity index (χ1) is 10.2. The zero-order valence-corrected chi connectivity index (χ0v) is 13.0. The average molecular weight is 305 g/mol. The van der Waals surface area contributed by atoms with E-state index in [4.69, 9.17) is 11.6 Å². The van der Waals surface area contributed by atoms with Crippen molar-refractivity contribution in [3.05, 3.63) is 34.3 Å². The molecule has 0 aromatic heterocycles. The molecule has 1 atom stereocenters. The first kappa shape index (κ1) is 13.6. The number of fused-ring (bicyclic) bond motifs is 1. The Bertz CT molecular complexity index is 580. The van der Waals surface area contributed by atoms with Gasteiger partial charge in [0.25, 0.3) is 0 Å². The molecule has 1 aromatic carbocycles. The summed E-state index contributed by atoms with van der Waals surface area (Å²) in [5.41, 5.74) is 2.79. The van der Waals surface area contributed by atoms with Crippen molar-refractivity contribution in [1.29, 1.82) is 0 Å². The number of carbonyl (C=O) groups excluding carboxylic acids is 1. The second-order valence-corrected chi connectivity index (χ2v) is 7.16. The Balaban J connectivity index is 1.48. The Hall–Kier alpha value is -1.06. The van der Waals surface area contributed by atoms with Crippen molar-refractivity contribution in [3.8, 4) is 0 Å². The first-order valence-electron chi connectivity index (χ1n) is 7.95. The van der Waals surface area contributed by atoms with Gasteiger partial charge in [0, 0.05) is 24.0 Å². The van der Waals surface area contributed by atoms with Gasteiger partial charge in [0.15, 0.2) is 0 Å². The van der Waals surface area contributed by atoms with Gasteiger partial charge in [0.1, 0.15) is 0 Å². The second kappa shape index (κ2) is 4.99. The van der Waals surface area contributed by atoms with E-state index in [0.29, 0.717) is 11.3 Å². The molecule has 3 aliphatic rings. The van der Waals surface area contributed by atoms with Crippen LogP contribution >= 0.6 is 11.6 Å². The van der Waals surface area contributed by atoms with Crippen LogP contribution in [0.15, 0.2) is 18.2 Å². The molecule has 1 aromatic rings. The lowest BCUT2D eigenvalue weighted by molar-refractivity contribution is -0.134. The predicted molar refractivity (Wildman–Crippen MR) is 83.2 cm³/mol. The Morgan fingerprint density at radius 1 is 1.33 bits per heavy atom. The van der Waals surface area contributed by atoms with Crippen LogP contribution in [-0.4, -0.2) is 30.4 Å². The van der Waals surface area contributed by atoms with Crippen LogP contribution in [0.1, 0.15) is 30.4 Å². The number of hydrogen-bond acceptors (Lipinski definition) is 2. The zero-order chi connectivity index (χ0) is 14.4. The van der Waals surface area contributed by atoms with Crippen molar-refractivity contribution >= 4 is 17.5 Å². The summed E-state index contributed by atoms with van der Waals surface area (Å²) in [7, 11) is 0. The topological polar surface area (TPSA) is 32.3 Å². The van der Waals surface area contributed by atoms with E-state index in [9.17, 15) is 4.79 Å². The first-order valence-corrected chi connectivity index (χ1v) is 8.33. The van der Waals surface area contributed by atoms with Crippen LogP contribution in [0.3, 0.4) is 0 Å². The third-order valence-electron chi connectivity index (χ3n) is 5.61. The minimum absolute atomic E-state index is 0.278. The van der Waals surface area contributed by atoms with Gasteiger partial charge in [-0.3, -0.25) is 4.79 Å². The van der Waals surface area contributed by atoms with Gasteiger partial charge in [0.05, 0.1) is 0 Å². The SMILES string of the molecule is O=C(C1CC12CCNCC2)N1CCc2c(Cl)cccc2C1. The summed E-state index contributed by atoms with van der Waals surface area (Å²) in [6.07, 6.45) is 4.33. The van der Waals surface area contributed by atoms with Crippen molar-refractivity contribution in [2.24, 2.45) is 11.3 Å². The number of nitrogens with zero attached hydrogens (tertiary/aromatic N) is 1. The molecular weight excluding hydrogens is 284 g/mol. The molecule has 1 unspecified atom stereocenters. The number of carbonyl (C=O) groups is 1. The number of benzene rings is 1. The minimum Gasteiger partial charge on any atom is -0.338 e. The summed E-state index contributed by atoms with van der Waals surface area (Å²) in [5, 5.41) is 4.25. The van der Waals surface area contributed by atoms with E-state index in [2.05, 4.69) is 16.3 Å². The molecule has 1 amide bonds. The number of amides is 1. The van der Waals surface area contributed by atoms with Crippen LogP contribution in [0.25, 0.3) is 0 Å². The summed E-state index contributed by atoms with van der Waals surface area (Å²) in [6, 6.07) is 6.04. The lowest BCUT2D eigenvalue weighted by atomic mass is 9.91. The normalized spacial score (nSPS) is 26.5. The third kappa shape index (κ3) is 2.27. The van der Waals surface area contributed by atoms with Gasteiger partial charge in [-0.2, -0.15) is 0 Å². The number of hydrogen-bond donors (Lipinski definition) is 1. The molecule has 21 heavy (non-hydrogen) atoms.